The van der Waals surface area contributed by atoms with Gasteiger partial charge in [0.2, 0.25) is 0 Å². The summed E-state index contributed by atoms with van der Waals surface area (Å²) in [4.78, 5) is 3.74. The maximum atomic E-state index is 5.20. The molecule has 0 amide bonds. The highest BCUT2D eigenvalue weighted by molar-refractivity contribution is 7.80. The van der Waals surface area contributed by atoms with Crippen LogP contribution in [0, 0.1) is 0 Å². The van der Waals surface area contributed by atoms with Crippen LogP contribution >= 0.6 is 12.2 Å². The van der Waals surface area contributed by atoms with E-state index in [9.17, 15) is 0 Å². The van der Waals surface area contributed by atoms with E-state index in [-0.39, 0.29) is 5.96 Å². The number of thiocarbonyl (C=S) groups is 1. The van der Waals surface area contributed by atoms with Crippen LogP contribution in [0.4, 0.5) is 0 Å². The summed E-state index contributed by atoms with van der Waals surface area (Å²) in [5.74, 6) is 0.0124. The van der Waals surface area contributed by atoms with Crippen molar-refractivity contribution in [1.29, 1.82) is 0 Å². The minimum atomic E-state index is 0.0124. The first-order chi connectivity index (χ1) is 8.16. The Balaban J connectivity index is 3.18. The second kappa shape index (κ2) is 11.6. The molecule has 0 bridgehead atoms. The Morgan fingerprint density at radius 1 is 1.00 bits per heavy atom. The van der Waals surface area contributed by atoms with Crippen molar-refractivity contribution < 1.29 is 0 Å². The molecule has 0 unspecified atom stereocenters. The van der Waals surface area contributed by atoms with Crippen molar-refractivity contribution in [1.82, 2.24) is 5.32 Å². The summed E-state index contributed by atoms with van der Waals surface area (Å²) < 4.78 is 0. The van der Waals surface area contributed by atoms with Crippen molar-refractivity contribution in [3.63, 3.8) is 0 Å². The third-order valence-electron chi connectivity index (χ3n) is 2.54. The molecule has 0 atom stereocenters. The molecule has 0 spiro atoms. The van der Waals surface area contributed by atoms with Gasteiger partial charge in [-0.15, -0.1) is 0 Å². The Kier molecular flexibility index (Phi) is 11.1. The van der Waals surface area contributed by atoms with E-state index in [2.05, 4.69) is 17.2 Å². The quantitative estimate of drug-likeness (QED) is 0.257. The number of aliphatic imine (C=N–C) groups is 1. The molecule has 0 radical (unpaired) electrons. The van der Waals surface area contributed by atoms with Crippen molar-refractivity contribution in [2.75, 3.05) is 6.54 Å². The van der Waals surface area contributed by atoms with Gasteiger partial charge in [0.15, 0.2) is 11.1 Å². The van der Waals surface area contributed by atoms with Crippen molar-refractivity contribution in [3.05, 3.63) is 0 Å². The van der Waals surface area contributed by atoms with Crippen LogP contribution in [0.5, 0.6) is 0 Å². The van der Waals surface area contributed by atoms with Gasteiger partial charge in [0.1, 0.15) is 0 Å². The van der Waals surface area contributed by atoms with Crippen molar-refractivity contribution >= 4 is 23.3 Å². The molecule has 0 aliphatic carbocycles. The van der Waals surface area contributed by atoms with Crippen LogP contribution in [0.25, 0.3) is 0 Å². The lowest BCUT2D eigenvalue weighted by molar-refractivity contribution is 0.573. The van der Waals surface area contributed by atoms with Gasteiger partial charge in [0.25, 0.3) is 0 Å². The summed E-state index contributed by atoms with van der Waals surface area (Å²) in [5.41, 5.74) is 10.4. The third kappa shape index (κ3) is 13.1. The third-order valence-corrected chi connectivity index (χ3v) is 2.77. The first-order valence-corrected chi connectivity index (χ1v) is 6.95. The first kappa shape index (κ1) is 16.2. The highest BCUT2D eigenvalue weighted by Gasteiger charge is 1.94. The average Bonchev–Trinajstić information content (AvgIpc) is 2.26. The molecule has 0 aromatic heterocycles. The predicted octanol–water partition coefficient (Wildman–Crippen LogP) is 2.27. The van der Waals surface area contributed by atoms with E-state index in [1.54, 1.807) is 0 Å². The number of hydrogen-bond acceptors (Lipinski definition) is 1. The summed E-state index contributed by atoms with van der Waals surface area (Å²) in [6.07, 6.45) is 10.4. The summed E-state index contributed by atoms with van der Waals surface area (Å²) in [5, 5.41) is 3.39. The number of nitrogens with zero attached hydrogens (tertiary/aromatic N) is 1. The summed E-state index contributed by atoms with van der Waals surface area (Å²) >= 11 is 4.92. The highest BCUT2D eigenvalue weighted by Crippen LogP contribution is 2.07. The molecule has 0 aromatic rings. The molecule has 0 heterocycles. The van der Waals surface area contributed by atoms with E-state index in [1.165, 1.54) is 44.9 Å². The Morgan fingerprint density at radius 2 is 1.53 bits per heavy atom. The molecule has 5 heteroatoms. The van der Waals surface area contributed by atoms with Gasteiger partial charge in [-0.1, -0.05) is 51.9 Å². The van der Waals surface area contributed by atoms with Crippen LogP contribution in [0.15, 0.2) is 4.99 Å². The molecule has 0 aliphatic heterocycles. The molecule has 0 aromatic carbocycles. The fraction of sp³-hybridized carbons (Fsp3) is 0.833. The molecule has 0 fully saturated rings. The molecular formula is C12H26N4S. The van der Waals surface area contributed by atoms with Crippen LogP contribution in [0.2, 0.25) is 0 Å². The number of rotatable bonds is 9. The Bertz CT molecular complexity index is 225. The molecule has 0 saturated carbocycles. The fourth-order valence-electron chi connectivity index (χ4n) is 1.61. The highest BCUT2D eigenvalue weighted by atomic mass is 32.1. The number of guanidine groups is 1. The molecule has 0 aliphatic rings. The lowest BCUT2D eigenvalue weighted by Gasteiger charge is -2.04. The van der Waals surface area contributed by atoms with Gasteiger partial charge in [0.05, 0.1) is 0 Å². The molecule has 0 saturated heterocycles. The molecule has 0 rings (SSSR count). The van der Waals surface area contributed by atoms with Gasteiger partial charge < -0.3 is 16.8 Å². The van der Waals surface area contributed by atoms with Crippen LogP contribution < -0.4 is 16.8 Å². The second-order valence-electron chi connectivity index (χ2n) is 4.24. The first-order valence-electron chi connectivity index (χ1n) is 6.54. The van der Waals surface area contributed by atoms with E-state index in [0.29, 0.717) is 5.11 Å². The van der Waals surface area contributed by atoms with E-state index in [0.717, 1.165) is 13.0 Å². The lowest BCUT2D eigenvalue weighted by Crippen LogP contribution is -2.28. The normalized spacial score (nSPS) is 9.94. The monoisotopic (exact) mass is 258 g/mol. The smallest absolute Gasteiger partial charge is 0.196 e. The van der Waals surface area contributed by atoms with Crippen LogP contribution in [0.1, 0.15) is 58.3 Å². The predicted molar refractivity (Wildman–Crippen MR) is 79.0 cm³/mol. The van der Waals surface area contributed by atoms with E-state index < -0.39 is 0 Å². The van der Waals surface area contributed by atoms with Gasteiger partial charge in [-0.25, -0.2) is 0 Å². The summed E-state index contributed by atoms with van der Waals surface area (Å²) in [6, 6.07) is 0. The number of unbranched alkanes of at least 4 members (excludes halogenated alkanes) is 7. The maximum Gasteiger partial charge on any atom is 0.196 e. The van der Waals surface area contributed by atoms with Gasteiger partial charge in [0, 0.05) is 6.54 Å². The van der Waals surface area contributed by atoms with E-state index in [4.69, 9.17) is 23.7 Å². The SMILES string of the molecule is CCCCCCCCCCNC(=S)N=C(N)N. The maximum absolute atomic E-state index is 5.20. The Hall–Kier alpha value is -0.840. The lowest BCUT2D eigenvalue weighted by atomic mass is 10.1. The van der Waals surface area contributed by atoms with Crippen LogP contribution in [0.3, 0.4) is 0 Å². The molecule has 4 nitrogen and oxygen atoms in total. The van der Waals surface area contributed by atoms with Gasteiger partial charge in [-0.3, -0.25) is 0 Å². The van der Waals surface area contributed by atoms with E-state index >= 15 is 0 Å². The minimum Gasteiger partial charge on any atom is -0.370 e. The number of nitrogens with two attached hydrogens (primary N) is 2. The average molecular weight is 258 g/mol. The topological polar surface area (TPSA) is 76.4 Å². The molecule has 100 valence electrons. The zero-order chi connectivity index (χ0) is 12.9. The fourth-order valence-corrected chi connectivity index (χ4v) is 1.82. The van der Waals surface area contributed by atoms with Gasteiger partial charge >= 0.3 is 0 Å². The zero-order valence-corrected chi connectivity index (χ0v) is 11.7. The van der Waals surface area contributed by atoms with Crippen molar-refractivity contribution in [3.8, 4) is 0 Å². The van der Waals surface area contributed by atoms with Crippen LogP contribution in [-0.4, -0.2) is 17.6 Å². The largest absolute Gasteiger partial charge is 0.370 e. The second-order valence-corrected chi connectivity index (χ2v) is 4.63. The Morgan fingerprint density at radius 3 is 2.06 bits per heavy atom. The summed E-state index contributed by atoms with van der Waals surface area (Å²) in [7, 11) is 0. The minimum absolute atomic E-state index is 0.0124. The Labute approximate surface area is 110 Å². The molecular weight excluding hydrogens is 232 g/mol. The van der Waals surface area contributed by atoms with Crippen molar-refractivity contribution in [2.45, 2.75) is 58.3 Å². The number of hydrogen-bond donors (Lipinski definition) is 3. The zero-order valence-electron chi connectivity index (χ0n) is 10.9. The number of nitrogens with one attached hydrogen (secondary N) is 1. The standard InChI is InChI=1S/C12H26N4S/c1-2-3-4-5-6-7-8-9-10-15-12(17)16-11(13)14/h2-10H2,1H3,(H5,13,14,15,16,17). The molecule has 5 N–H and O–H groups in total. The van der Waals surface area contributed by atoms with E-state index in [1.807, 2.05) is 0 Å². The van der Waals surface area contributed by atoms with Crippen LogP contribution in [-0.2, 0) is 0 Å². The van der Waals surface area contributed by atoms with Gasteiger partial charge in [-0.2, -0.15) is 4.99 Å². The summed E-state index contributed by atoms with van der Waals surface area (Å²) in [6.45, 7) is 3.09. The van der Waals surface area contributed by atoms with Crippen molar-refractivity contribution in [2.24, 2.45) is 16.5 Å². The molecule has 17 heavy (non-hydrogen) atoms. The van der Waals surface area contributed by atoms with Gasteiger partial charge in [-0.05, 0) is 18.6 Å².